The van der Waals surface area contributed by atoms with Gasteiger partial charge in [-0.3, -0.25) is 0 Å². The van der Waals surface area contributed by atoms with Crippen LogP contribution in [0.15, 0.2) is 21.7 Å². The molecule has 68 valence electrons. The fourth-order valence-electron chi connectivity index (χ4n) is 0.713. The van der Waals surface area contributed by atoms with Crippen LogP contribution >= 0.6 is 23.1 Å². The molecule has 0 saturated heterocycles. The van der Waals surface area contributed by atoms with E-state index in [1.165, 1.54) is 4.21 Å². The molecule has 0 aliphatic rings. The van der Waals surface area contributed by atoms with Crippen molar-refractivity contribution in [3.05, 3.63) is 17.5 Å². The molecule has 0 fully saturated rings. The highest BCUT2D eigenvalue weighted by atomic mass is 32.2. The summed E-state index contributed by atoms with van der Waals surface area (Å²) in [6.07, 6.45) is 0. The molecular formula is C8H12O2S2. The molecule has 1 rings (SSSR count). The molecule has 1 heterocycles. The van der Waals surface area contributed by atoms with Crippen LogP contribution in [0.3, 0.4) is 0 Å². The van der Waals surface area contributed by atoms with Crippen LogP contribution < -0.4 is 0 Å². The first-order valence-corrected chi connectivity index (χ1v) is 5.65. The van der Waals surface area contributed by atoms with Gasteiger partial charge in [-0.2, -0.15) is 0 Å². The summed E-state index contributed by atoms with van der Waals surface area (Å²) >= 11 is 3.53. The Bertz CT molecular complexity index is 187. The molecule has 2 nitrogen and oxygen atoms in total. The Morgan fingerprint density at radius 3 is 3.08 bits per heavy atom. The molecule has 1 aromatic heterocycles. The van der Waals surface area contributed by atoms with Crippen LogP contribution in [0.5, 0.6) is 0 Å². The number of hydrogen-bond acceptors (Lipinski definition) is 4. The highest BCUT2D eigenvalue weighted by molar-refractivity contribution is 8.01. The summed E-state index contributed by atoms with van der Waals surface area (Å²) < 4.78 is 6.44. The van der Waals surface area contributed by atoms with E-state index in [9.17, 15) is 0 Å². The quantitative estimate of drug-likeness (QED) is 0.566. The van der Waals surface area contributed by atoms with E-state index < -0.39 is 0 Å². The number of hydrogen-bond donors (Lipinski definition) is 1. The van der Waals surface area contributed by atoms with E-state index in [1.54, 1.807) is 23.1 Å². The second kappa shape index (κ2) is 6.48. The first kappa shape index (κ1) is 10.1. The summed E-state index contributed by atoms with van der Waals surface area (Å²) in [7, 11) is 0. The van der Waals surface area contributed by atoms with Gasteiger partial charge in [0, 0.05) is 5.75 Å². The van der Waals surface area contributed by atoms with Crippen LogP contribution in [0.4, 0.5) is 0 Å². The molecule has 0 aromatic carbocycles. The van der Waals surface area contributed by atoms with Crippen LogP contribution in [0.25, 0.3) is 0 Å². The molecule has 0 bridgehead atoms. The van der Waals surface area contributed by atoms with Crippen LogP contribution in [-0.2, 0) is 4.74 Å². The standard InChI is InChI=1S/C8H12O2S2/c9-3-4-10-5-7-12-8-2-1-6-11-8/h1-2,6,9H,3-5,7H2. The summed E-state index contributed by atoms with van der Waals surface area (Å²) in [5.41, 5.74) is 0. The lowest BCUT2D eigenvalue weighted by Gasteiger charge is -1.99. The van der Waals surface area contributed by atoms with E-state index in [0.29, 0.717) is 13.2 Å². The van der Waals surface area contributed by atoms with Gasteiger partial charge in [0.25, 0.3) is 0 Å². The molecule has 1 N–H and O–H groups in total. The lowest BCUT2D eigenvalue weighted by atomic mass is 10.7. The van der Waals surface area contributed by atoms with E-state index in [2.05, 4.69) is 11.4 Å². The van der Waals surface area contributed by atoms with Gasteiger partial charge in [-0.15, -0.1) is 23.1 Å². The van der Waals surface area contributed by atoms with Crippen LogP contribution in [0.2, 0.25) is 0 Å². The number of aliphatic hydroxyl groups excluding tert-OH is 1. The first-order valence-electron chi connectivity index (χ1n) is 3.78. The minimum Gasteiger partial charge on any atom is -0.394 e. The zero-order chi connectivity index (χ0) is 8.65. The van der Waals surface area contributed by atoms with Crippen molar-refractivity contribution >= 4 is 23.1 Å². The fraction of sp³-hybridized carbons (Fsp3) is 0.500. The second-order valence-electron chi connectivity index (χ2n) is 2.12. The highest BCUT2D eigenvalue weighted by Crippen LogP contribution is 2.22. The summed E-state index contributed by atoms with van der Waals surface area (Å²) in [4.78, 5) is 0. The molecule has 4 heteroatoms. The topological polar surface area (TPSA) is 29.5 Å². The molecule has 0 radical (unpaired) electrons. The van der Waals surface area contributed by atoms with E-state index in [0.717, 1.165) is 5.75 Å². The van der Waals surface area contributed by atoms with Crippen molar-refractivity contribution in [2.45, 2.75) is 4.21 Å². The van der Waals surface area contributed by atoms with Crippen molar-refractivity contribution in [3.8, 4) is 0 Å². The average molecular weight is 204 g/mol. The van der Waals surface area contributed by atoms with Crippen LogP contribution in [0.1, 0.15) is 0 Å². The molecule has 0 amide bonds. The minimum absolute atomic E-state index is 0.115. The predicted octanol–water partition coefficient (Wildman–Crippen LogP) is 1.85. The monoisotopic (exact) mass is 204 g/mol. The Hall–Kier alpha value is -0.0300. The lowest BCUT2D eigenvalue weighted by molar-refractivity contribution is 0.103. The summed E-state index contributed by atoms with van der Waals surface area (Å²) in [5.74, 6) is 0.959. The Morgan fingerprint density at radius 2 is 2.42 bits per heavy atom. The van der Waals surface area contributed by atoms with Crippen molar-refractivity contribution < 1.29 is 9.84 Å². The van der Waals surface area contributed by atoms with Crippen molar-refractivity contribution in [2.75, 3.05) is 25.6 Å². The summed E-state index contributed by atoms with van der Waals surface area (Å²) in [5, 5.41) is 10.5. The number of thioether (sulfide) groups is 1. The fourth-order valence-corrected chi connectivity index (χ4v) is 2.43. The maximum Gasteiger partial charge on any atom is 0.0698 e. The third-order valence-corrected chi connectivity index (χ3v) is 3.30. The molecule has 0 unspecified atom stereocenters. The van der Waals surface area contributed by atoms with Crippen molar-refractivity contribution in [3.63, 3.8) is 0 Å². The van der Waals surface area contributed by atoms with Crippen LogP contribution in [-0.4, -0.2) is 30.7 Å². The van der Waals surface area contributed by atoms with Gasteiger partial charge in [0.15, 0.2) is 0 Å². The third-order valence-electron chi connectivity index (χ3n) is 1.20. The normalized spacial score (nSPS) is 10.4. The lowest BCUT2D eigenvalue weighted by Crippen LogP contribution is -2.01. The van der Waals surface area contributed by atoms with E-state index in [-0.39, 0.29) is 6.61 Å². The summed E-state index contributed by atoms with van der Waals surface area (Å²) in [6.45, 7) is 1.28. The Kier molecular flexibility index (Phi) is 5.43. The molecule has 0 spiro atoms. The van der Waals surface area contributed by atoms with Crippen molar-refractivity contribution in [1.82, 2.24) is 0 Å². The smallest absolute Gasteiger partial charge is 0.0698 e. The maximum absolute atomic E-state index is 8.42. The van der Waals surface area contributed by atoms with Gasteiger partial charge >= 0.3 is 0 Å². The Morgan fingerprint density at radius 1 is 1.50 bits per heavy atom. The second-order valence-corrected chi connectivity index (χ2v) is 4.46. The van der Waals surface area contributed by atoms with E-state index >= 15 is 0 Å². The number of rotatable bonds is 6. The minimum atomic E-state index is 0.115. The van der Waals surface area contributed by atoms with E-state index in [4.69, 9.17) is 9.84 Å². The van der Waals surface area contributed by atoms with Crippen molar-refractivity contribution in [1.29, 1.82) is 0 Å². The number of aliphatic hydroxyl groups is 1. The van der Waals surface area contributed by atoms with Gasteiger partial charge in [-0.1, -0.05) is 6.07 Å². The predicted molar refractivity (Wildman–Crippen MR) is 52.9 cm³/mol. The first-order chi connectivity index (χ1) is 5.93. The zero-order valence-electron chi connectivity index (χ0n) is 6.73. The van der Waals surface area contributed by atoms with Gasteiger partial charge in [-0.05, 0) is 11.4 Å². The SMILES string of the molecule is OCCOCCSc1cccs1. The van der Waals surface area contributed by atoms with Gasteiger partial charge in [0.2, 0.25) is 0 Å². The maximum atomic E-state index is 8.42. The molecule has 0 aliphatic carbocycles. The van der Waals surface area contributed by atoms with E-state index in [1.807, 2.05) is 6.07 Å². The highest BCUT2D eigenvalue weighted by Gasteiger charge is 1.93. The summed E-state index contributed by atoms with van der Waals surface area (Å²) in [6, 6.07) is 4.14. The third kappa shape index (κ3) is 4.11. The van der Waals surface area contributed by atoms with Gasteiger partial charge < -0.3 is 9.84 Å². The van der Waals surface area contributed by atoms with Gasteiger partial charge in [0.1, 0.15) is 0 Å². The van der Waals surface area contributed by atoms with Crippen LogP contribution in [0, 0.1) is 0 Å². The largest absolute Gasteiger partial charge is 0.394 e. The molecular weight excluding hydrogens is 192 g/mol. The van der Waals surface area contributed by atoms with Crippen molar-refractivity contribution in [2.24, 2.45) is 0 Å². The molecule has 0 aliphatic heterocycles. The molecule has 0 saturated carbocycles. The Balaban J connectivity index is 1.96. The molecule has 1 aromatic rings. The van der Waals surface area contributed by atoms with Gasteiger partial charge in [-0.25, -0.2) is 0 Å². The van der Waals surface area contributed by atoms with Gasteiger partial charge in [0.05, 0.1) is 24.0 Å². The molecule has 0 atom stereocenters. The Labute approximate surface area is 80.6 Å². The number of thiophene rings is 1. The zero-order valence-corrected chi connectivity index (χ0v) is 8.37. The average Bonchev–Trinajstić information content (AvgIpc) is 2.57. The molecule has 12 heavy (non-hydrogen) atoms. The number of ether oxygens (including phenoxy) is 1.